The average Bonchev–Trinajstić information content (AvgIpc) is 3.26. The minimum absolute atomic E-state index is 0.0628. The van der Waals surface area contributed by atoms with Crippen molar-refractivity contribution in [2.75, 3.05) is 6.61 Å². The summed E-state index contributed by atoms with van der Waals surface area (Å²) in [5.41, 5.74) is 2.48. The maximum atomic E-state index is 5.89. The largest absolute Gasteiger partial charge is 0.477 e. The van der Waals surface area contributed by atoms with Crippen molar-refractivity contribution in [2.24, 2.45) is 5.92 Å². The minimum atomic E-state index is 0.0628. The Kier molecular flexibility index (Phi) is 3.72. The molecule has 0 radical (unpaired) electrons. The topological polar surface area (TPSA) is 34.1 Å². The van der Waals surface area contributed by atoms with Crippen molar-refractivity contribution in [2.45, 2.75) is 64.5 Å². The maximum Gasteiger partial charge on any atom is 0.213 e. The molecule has 2 fully saturated rings. The maximum absolute atomic E-state index is 5.89. The molecule has 1 aromatic heterocycles. The van der Waals surface area contributed by atoms with Gasteiger partial charge in [0.15, 0.2) is 0 Å². The van der Waals surface area contributed by atoms with E-state index in [0.717, 1.165) is 36.7 Å². The summed E-state index contributed by atoms with van der Waals surface area (Å²) >= 11 is 0. The van der Waals surface area contributed by atoms with Crippen LogP contribution in [0.1, 0.15) is 57.7 Å². The summed E-state index contributed by atoms with van der Waals surface area (Å²) in [6.07, 6.45) is 5.27. The third-order valence-electron chi connectivity index (χ3n) is 3.97. The van der Waals surface area contributed by atoms with Crippen LogP contribution < -0.4 is 10.1 Å². The van der Waals surface area contributed by atoms with Crippen molar-refractivity contribution in [1.29, 1.82) is 0 Å². The van der Waals surface area contributed by atoms with Gasteiger partial charge in [0, 0.05) is 24.1 Å². The summed E-state index contributed by atoms with van der Waals surface area (Å²) in [5.74, 6) is 1.57. The minimum Gasteiger partial charge on any atom is -0.477 e. The van der Waals surface area contributed by atoms with E-state index in [1.54, 1.807) is 0 Å². The van der Waals surface area contributed by atoms with Crippen LogP contribution in [0.3, 0.4) is 0 Å². The summed E-state index contributed by atoms with van der Waals surface area (Å²) in [7, 11) is 0. The summed E-state index contributed by atoms with van der Waals surface area (Å²) < 4.78 is 5.89. The zero-order valence-corrected chi connectivity index (χ0v) is 12.9. The van der Waals surface area contributed by atoms with Gasteiger partial charge in [-0.15, -0.1) is 0 Å². The van der Waals surface area contributed by atoms with Crippen LogP contribution in [-0.4, -0.2) is 17.6 Å². The van der Waals surface area contributed by atoms with Crippen LogP contribution in [-0.2, 0) is 12.0 Å². The van der Waals surface area contributed by atoms with Gasteiger partial charge in [-0.2, -0.15) is 0 Å². The zero-order valence-electron chi connectivity index (χ0n) is 12.9. The molecule has 1 aromatic rings. The van der Waals surface area contributed by atoms with Gasteiger partial charge in [-0.25, -0.2) is 4.98 Å². The van der Waals surface area contributed by atoms with Gasteiger partial charge >= 0.3 is 0 Å². The lowest BCUT2D eigenvalue weighted by molar-refractivity contribution is 0.286. The molecule has 110 valence electrons. The van der Waals surface area contributed by atoms with E-state index in [2.05, 4.69) is 38.2 Å². The van der Waals surface area contributed by atoms with Gasteiger partial charge < -0.3 is 10.1 Å². The zero-order chi connectivity index (χ0) is 14.2. The highest BCUT2D eigenvalue weighted by molar-refractivity contribution is 5.28. The van der Waals surface area contributed by atoms with E-state index in [1.165, 1.54) is 31.2 Å². The third-order valence-corrected chi connectivity index (χ3v) is 3.97. The van der Waals surface area contributed by atoms with Gasteiger partial charge in [0.2, 0.25) is 5.88 Å². The number of ether oxygens (including phenoxy) is 1. The number of nitrogens with zero attached hydrogens (tertiary/aromatic N) is 1. The van der Waals surface area contributed by atoms with Crippen LogP contribution in [0.5, 0.6) is 5.88 Å². The van der Waals surface area contributed by atoms with Crippen LogP contribution >= 0.6 is 0 Å². The predicted octanol–water partition coefficient (Wildman–Crippen LogP) is 3.42. The van der Waals surface area contributed by atoms with Crippen LogP contribution in [0.15, 0.2) is 12.1 Å². The summed E-state index contributed by atoms with van der Waals surface area (Å²) in [4.78, 5) is 4.70. The Morgan fingerprint density at radius 3 is 2.55 bits per heavy atom. The van der Waals surface area contributed by atoms with Gasteiger partial charge in [-0.3, -0.25) is 0 Å². The molecule has 0 aliphatic heterocycles. The van der Waals surface area contributed by atoms with Crippen molar-refractivity contribution >= 4 is 0 Å². The Balaban J connectivity index is 1.73. The van der Waals surface area contributed by atoms with Crippen LogP contribution in [0, 0.1) is 5.92 Å². The van der Waals surface area contributed by atoms with Gasteiger partial charge in [-0.05, 0) is 43.2 Å². The van der Waals surface area contributed by atoms with Crippen LogP contribution in [0.2, 0.25) is 0 Å². The van der Waals surface area contributed by atoms with Crippen molar-refractivity contribution < 1.29 is 4.74 Å². The Morgan fingerprint density at radius 1 is 1.20 bits per heavy atom. The molecule has 0 aromatic carbocycles. The quantitative estimate of drug-likeness (QED) is 0.863. The van der Waals surface area contributed by atoms with Gasteiger partial charge in [-0.1, -0.05) is 20.8 Å². The SMILES string of the molecule is CC(C)(C)c1cc(CNC2CC2)cc(OCC2CC2)n1. The highest BCUT2D eigenvalue weighted by atomic mass is 16.5. The molecule has 0 unspecified atom stereocenters. The lowest BCUT2D eigenvalue weighted by Gasteiger charge is -2.20. The Hall–Kier alpha value is -1.09. The van der Waals surface area contributed by atoms with Gasteiger partial charge in [0.05, 0.1) is 12.3 Å². The van der Waals surface area contributed by atoms with Crippen molar-refractivity contribution in [3.63, 3.8) is 0 Å². The second-order valence-electron chi connectivity index (χ2n) is 7.36. The molecular formula is C17H26N2O. The molecule has 0 saturated heterocycles. The molecule has 3 nitrogen and oxygen atoms in total. The first-order chi connectivity index (χ1) is 9.50. The average molecular weight is 274 g/mol. The Labute approximate surface area is 122 Å². The molecule has 0 amide bonds. The number of nitrogens with one attached hydrogen (secondary N) is 1. The van der Waals surface area contributed by atoms with Crippen LogP contribution in [0.4, 0.5) is 0 Å². The highest BCUT2D eigenvalue weighted by Crippen LogP contribution is 2.30. The van der Waals surface area contributed by atoms with E-state index >= 15 is 0 Å². The molecule has 0 atom stereocenters. The second-order valence-corrected chi connectivity index (χ2v) is 7.36. The lowest BCUT2D eigenvalue weighted by Crippen LogP contribution is -2.19. The molecule has 2 saturated carbocycles. The second kappa shape index (κ2) is 5.36. The first kappa shape index (κ1) is 13.9. The molecule has 20 heavy (non-hydrogen) atoms. The number of pyridine rings is 1. The monoisotopic (exact) mass is 274 g/mol. The fourth-order valence-corrected chi connectivity index (χ4v) is 2.16. The van der Waals surface area contributed by atoms with Crippen molar-refractivity contribution in [3.05, 3.63) is 23.4 Å². The van der Waals surface area contributed by atoms with Gasteiger partial charge in [0.25, 0.3) is 0 Å². The number of hydrogen-bond acceptors (Lipinski definition) is 3. The standard InChI is InChI=1S/C17H26N2O/c1-17(2,3)15-8-13(10-18-14-6-7-14)9-16(19-15)20-11-12-4-5-12/h8-9,12,14,18H,4-7,10-11H2,1-3H3. The fraction of sp³-hybridized carbons (Fsp3) is 0.706. The lowest BCUT2D eigenvalue weighted by atomic mass is 9.91. The number of hydrogen-bond donors (Lipinski definition) is 1. The predicted molar refractivity (Wildman–Crippen MR) is 81.0 cm³/mol. The molecule has 2 aliphatic carbocycles. The van der Waals surface area contributed by atoms with Crippen molar-refractivity contribution in [1.82, 2.24) is 10.3 Å². The van der Waals surface area contributed by atoms with E-state index in [0.29, 0.717) is 0 Å². The normalized spacial score (nSPS) is 19.1. The van der Waals surface area contributed by atoms with E-state index in [4.69, 9.17) is 9.72 Å². The molecule has 0 spiro atoms. The molecule has 3 heteroatoms. The summed E-state index contributed by atoms with van der Waals surface area (Å²) in [6, 6.07) is 5.06. The van der Waals surface area contributed by atoms with Gasteiger partial charge in [0.1, 0.15) is 0 Å². The summed E-state index contributed by atoms with van der Waals surface area (Å²) in [6.45, 7) is 8.38. The number of rotatable bonds is 6. The highest BCUT2D eigenvalue weighted by Gasteiger charge is 2.24. The molecule has 1 N–H and O–H groups in total. The Bertz CT molecular complexity index is 436. The number of aromatic nitrogens is 1. The van der Waals surface area contributed by atoms with E-state index in [-0.39, 0.29) is 5.41 Å². The van der Waals surface area contributed by atoms with Crippen molar-refractivity contribution in [3.8, 4) is 5.88 Å². The summed E-state index contributed by atoms with van der Waals surface area (Å²) in [5, 5.41) is 3.57. The molecule has 3 rings (SSSR count). The molecule has 1 heterocycles. The fourth-order valence-electron chi connectivity index (χ4n) is 2.16. The molecular weight excluding hydrogens is 248 g/mol. The van der Waals surface area contributed by atoms with E-state index in [1.807, 2.05) is 0 Å². The third kappa shape index (κ3) is 3.95. The van der Waals surface area contributed by atoms with Crippen LogP contribution in [0.25, 0.3) is 0 Å². The Morgan fingerprint density at radius 2 is 1.95 bits per heavy atom. The molecule has 2 aliphatic rings. The smallest absolute Gasteiger partial charge is 0.213 e. The van der Waals surface area contributed by atoms with E-state index in [9.17, 15) is 0 Å². The first-order valence-corrected chi connectivity index (χ1v) is 7.88. The van der Waals surface area contributed by atoms with E-state index < -0.39 is 0 Å². The molecule has 0 bridgehead atoms. The first-order valence-electron chi connectivity index (χ1n) is 7.88.